The fraction of sp³-hybridized carbons (Fsp3) is 0.250. The molecule has 2 aliphatic rings. The molecule has 130 valence electrons. The van der Waals surface area contributed by atoms with Crippen LogP contribution in [0, 0.1) is 0 Å². The van der Waals surface area contributed by atoms with Crippen molar-refractivity contribution in [2.45, 2.75) is 6.92 Å². The van der Waals surface area contributed by atoms with E-state index < -0.39 is 0 Å². The van der Waals surface area contributed by atoms with E-state index in [1.54, 1.807) is 24.4 Å². The van der Waals surface area contributed by atoms with E-state index in [1.807, 2.05) is 37.3 Å². The Kier molecular flexibility index (Phi) is 5.36. The van der Waals surface area contributed by atoms with Crippen molar-refractivity contribution < 1.29 is 14.3 Å². The Morgan fingerprint density at radius 2 is 1.96 bits per heavy atom. The van der Waals surface area contributed by atoms with Gasteiger partial charge in [0, 0.05) is 31.1 Å². The summed E-state index contributed by atoms with van der Waals surface area (Å²) >= 11 is 0. The number of amides is 1. The fourth-order valence-corrected chi connectivity index (χ4v) is 2.69. The fourth-order valence-electron chi connectivity index (χ4n) is 2.69. The summed E-state index contributed by atoms with van der Waals surface area (Å²) in [6.45, 7) is 8.93. The van der Waals surface area contributed by atoms with E-state index in [9.17, 15) is 4.79 Å². The van der Waals surface area contributed by atoms with E-state index in [0.29, 0.717) is 30.4 Å². The predicted octanol–water partition coefficient (Wildman–Crippen LogP) is 3.05. The van der Waals surface area contributed by atoms with E-state index in [-0.39, 0.29) is 5.91 Å². The smallest absolute Gasteiger partial charge is 0.256 e. The van der Waals surface area contributed by atoms with Crippen LogP contribution in [0.3, 0.4) is 0 Å². The Balaban J connectivity index is 1.68. The van der Waals surface area contributed by atoms with Crippen LogP contribution in [0.25, 0.3) is 0 Å². The number of para-hydroxylation sites is 1. The number of benzene rings is 1. The maximum absolute atomic E-state index is 12.7. The van der Waals surface area contributed by atoms with E-state index in [0.717, 1.165) is 18.8 Å². The lowest BCUT2D eigenvalue weighted by atomic mass is 10.2. The van der Waals surface area contributed by atoms with Gasteiger partial charge in [0.1, 0.15) is 5.75 Å². The Morgan fingerprint density at radius 1 is 1.24 bits per heavy atom. The molecule has 0 N–H and O–H groups in total. The van der Waals surface area contributed by atoms with Gasteiger partial charge in [-0.3, -0.25) is 9.69 Å². The summed E-state index contributed by atoms with van der Waals surface area (Å²) in [5.74, 6) is 1.12. The molecule has 0 spiro atoms. The number of hydrogen-bond acceptors (Lipinski definition) is 4. The Hall–Kier alpha value is -2.79. The highest BCUT2D eigenvalue weighted by atomic mass is 16.5. The number of rotatable bonds is 4. The lowest BCUT2D eigenvalue weighted by molar-refractivity contribution is -0.122. The quantitative estimate of drug-likeness (QED) is 0.792. The maximum Gasteiger partial charge on any atom is 0.256 e. The van der Waals surface area contributed by atoms with Crippen LogP contribution >= 0.6 is 0 Å². The SMILES string of the molecule is C=C1C(Oc2ccccc2)=CC=CN1C(=O)/C=C(\C)N1CCOCC1. The lowest BCUT2D eigenvalue weighted by Crippen LogP contribution is -2.36. The van der Waals surface area contributed by atoms with Gasteiger partial charge in [-0.05, 0) is 31.2 Å². The molecular weight excluding hydrogens is 316 g/mol. The van der Waals surface area contributed by atoms with Crippen molar-refractivity contribution in [1.29, 1.82) is 0 Å². The van der Waals surface area contributed by atoms with Gasteiger partial charge in [-0.1, -0.05) is 24.8 Å². The average Bonchev–Trinajstić information content (AvgIpc) is 2.65. The highest BCUT2D eigenvalue weighted by Gasteiger charge is 2.21. The third kappa shape index (κ3) is 4.19. The van der Waals surface area contributed by atoms with Crippen LogP contribution in [0.15, 0.2) is 78.5 Å². The third-order valence-electron chi connectivity index (χ3n) is 4.11. The van der Waals surface area contributed by atoms with Gasteiger partial charge in [0.15, 0.2) is 5.76 Å². The van der Waals surface area contributed by atoms with Crippen LogP contribution < -0.4 is 4.74 Å². The van der Waals surface area contributed by atoms with Crippen LogP contribution in [0.4, 0.5) is 0 Å². The summed E-state index contributed by atoms with van der Waals surface area (Å²) < 4.78 is 11.2. The van der Waals surface area contributed by atoms with Gasteiger partial charge >= 0.3 is 0 Å². The highest BCUT2D eigenvalue weighted by Crippen LogP contribution is 2.24. The second kappa shape index (κ2) is 7.85. The monoisotopic (exact) mass is 338 g/mol. The molecule has 2 heterocycles. The normalized spacial score (nSPS) is 18.2. The average molecular weight is 338 g/mol. The topological polar surface area (TPSA) is 42.0 Å². The third-order valence-corrected chi connectivity index (χ3v) is 4.11. The zero-order valence-electron chi connectivity index (χ0n) is 14.4. The van der Waals surface area contributed by atoms with Gasteiger partial charge in [-0.2, -0.15) is 0 Å². The zero-order valence-corrected chi connectivity index (χ0v) is 14.4. The number of carbonyl (C=O) groups is 1. The maximum atomic E-state index is 12.7. The van der Waals surface area contributed by atoms with E-state index in [4.69, 9.17) is 9.47 Å². The first kappa shape index (κ1) is 17.0. The van der Waals surface area contributed by atoms with Crippen molar-refractivity contribution >= 4 is 5.91 Å². The molecule has 5 heteroatoms. The van der Waals surface area contributed by atoms with Crippen molar-refractivity contribution in [1.82, 2.24) is 9.80 Å². The van der Waals surface area contributed by atoms with Crippen LogP contribution in [0.5, 0.6) is 5.75 Å². The first-order valence-electron chi connectivity index (χ1n) is 8.30. The summed E-state index contributed by atoms with van der Waals surface area (Å²) in [6.07, 6.45) is 6.92. The Bertz CT molecular complexity index is 729. The summed E-state index contributed by atoms with van der Waals surface area (Å²) in [4.78, 5) is 16.3. The molecule has 2 aliphatic heterocycles. The Labute approximate surface area is 148 Å². The number of carbonyl (C=O) groups excluding carboxylic acids is 1. The molecule has 0 bridgehead atoms. The minimum atomic E-state index is -0.146. The molecule has 1 fully saturated rings. The molecule has 1 aromatic rings. The molecule has 0 unspecified atom stereocenters. The standard InChI is InChI=1S/C20H22N2O3/c1-16(21-11-13-24-14-12-21)15-20(23)22-10-6-9-19(17(22)2)25-18-7-4-3-5-8-18/h3-10,15H,2,11-14H2,1H3/b16-15+. The van der Waals surface area contributed by atoms with Gasteiger partial charge in [0.05, 0.1) is 18.9 Å². The molecule has 1 saturated heterocycles. The summed E-state index contributed by atoms with van der Waals surface area (Å²) in [5.41, 5.74) is 1.44. The van der Waals surface area contributed by atoms with Crippen LogP contribution in [-0.2, 0) is 9.53 Å². The number of hydrogen-bond donors (Lipinski definition) is 0. The minimum absolute atomic E-state index is 0.146. The first-order chi connectivity index (χ1) is 12.1. The van der Waals surface area contributed by atoms with E-state index in [2.05, 4.69) is 11.5 Å². The molecule has 0 atom stereocenters. The van der Waals surface area contributed by atoms with Crippen molar-refractivity contribution in [2.75, 3.05) is 26.3 Å². The molecule has 1 aromatic carbocycles. The molecule has 5 nitrogen and oxygen atoms in total. The van der Waals surface area contributed by atoms with Crippen molar-refractivity contribution in [3.05, 3.63) is 78.5 Å². The van der Waals surface area contributed by atoms with Crippen molar-refractivity contribution in [3.63, 3.8) is 0 Å². The van der Waals surface area contributed by atoms with Gasteiger partial charge in [-0.25, -0.2) is 0 Å². The summed E-state index contributed by atoms with van der Waals surface area (Å²) in [7, 11) is 0. The molecule has 0 aliphatic carbocycles. The molecule has 0 aromatic heterocycles. The largest absolute Gasteiger partial charge is 0.455 e. The number of morpholine rings is 1. The van der Waals surface area contributed by atoms with Crippen LogP contribution in [0.2, 0.25) is 0 Å². The Morgan fingerprint density at radius 3 is 2.68 bits per heavy atom. The van der Waals surface area contributed by atoms with Crippen LogP contribution in [0.1, 0.15) is 6.92 Å². The summed E-state index contributed by atoms with van der Waals surface area (Å²) in [5, 5.41) is 0. The van der Waals surface area contributed by atoms with Crippen molar-refractivity contribution in [3.8, 4) is 5.75 Å². The second-order valence-electron chi connectivity index (χ2n) is 5.83. The minimum Gasteiger partial charge on any atom is -0.455 e. The molecule has 1 amide bonds. The molecule has 3 rings (SSSR count). The number of nitrogens with zero attached hydrogens (tertiary/aromatic N) is 2. The molecule has 25 heavy (non-hydrogen) atoms. The van der Waals surface area contributed by atoms with Crippen LogP contribution in [-0.4, -0.2) is 42.0 Å². The van der Waals surface area contributed by atoms with Gasteiger partial charge in [-0.15, -0.1) is 0 Å². The van der Waals surface area contributed by atoms with E-state index >= 15 is 0 Å². The van der Waals surface area contributed by atoms with Gasteiger partial charge in [0.25, 0.3) is 5.91 Å². The molecular formula is C20H22N2O3. The highest BCUT2D eigenvalue weighted by molar-refractivity contribution is 5.91. The van der Waals surface area contributed by atoms with Crippen molar-refractivity contribution in [2.24, 2.45) is 0 Å². The van der Waals surface area contributed by atoms with Gasteiger partial charge in [0.2, 0.25) is 0 Å². The predicted molar refractivity (Wildman–Crippen MR) is 96.4 cm³/mol. The zero-order chi connectivity index (χ0) is 17.6. The second-order valence-corrected chi connectivity index (χ2v) is 5.83. The lowest BCUT2D eigenvalue weighted by Gasteiger charge is -2.30. The van der Waals surface area contributed by atoms with Gasteiger partial charge < -0.3 is 14.4 Å². The first-order valence-corrected chi connectivity index (χ1v) is 8.30. The molecule has 0 saturated carbocycles. The number of ether oxygens (including phenoxy) is 2. The summed E-state index contributed by atoms with van der Waals surface area (Å²) in [6, 6.07) is 9.44. The van der Waals surface area contributed by atoms with E-state index in [1.165, 1.54) is 4.90 Å². The number of allylic oxidation sites excluding steroid dienone is 3. The molecule has 0 radical (unpaired) electrons.